The molecule has 1 aromatic heterocycles. The van der Waals surface area contributed by atoms with E-state index in [0.29, 0.717) is 317 Å². The Kier molecular flexibility index (Phi) is 71.3. The van der Waals surface area contributed by atoms with E-state index in [4.69, 9.17) is 143 Å². The number of methoxy groups -OCH3 is 1. The van der Waals surface area contributed by atoms with Gasteiger partial charge in [0.15, 0.2) is 11.5 Å². The van der Waals surface area contributed by atoms with Crippen molar-refractivity contribution in [3.63, 3.8) is 0 Å². The molecule has 0 aliphatic carbocycles. The minimum atomic E-state index is -5.84. The Labute approximate surface area is 747 Å². The number of aliphatic hydroxyl groups excluding tert-OH is 1. The van der Waals surface area contributed by atoms with Crippen LogP contribution in [0.4, 0.5) is 10.5 Å². The average molecular weight is 1930 g/mol. The summed E-state index contributed by atoms with van der Waals surface area (Å²) in [6.07, 6.45) is -4.97. The van der Waals surface area contributed by atoms with Gasteiger partial charge in [0.2, 0.25) is 0 Å². The summed E-state index contributed by atoms with van der Waals surface area (Å²) in [5, 5.41) is 28.3. The number of rotatable bonds is 91. The number of carbonyl (C=O) groups excluding carboxylic acids is 2. The van der Waals surface area contributed by atoms with Gasteiger partial charge in [-0.25, -0.2) is 23.3 Å². The van der Waals surface area contributed by atoms with Crippen LogP contribution in [-0.2, 0) is 150 Å². The first-order chi connectivity index (χ1) is 62.5. The fourth-order valence-electron chi connectivity index (χ4n) is 10.2. The molecule has 744 valence electrons. The zero-order valence-corrected chi connectivity index (χ0v) is 75.9. The van der Waals surface area contributed by atoms with Crippen molar-refractivity contribution < 1.29 is 194 Å². The zero-order valence-electron chi connectivity index (χ0n) is 73.2. The Morgan fingerprint density at radius 1 is 0.543 bits per heavy atom. The number of nitrogens with one attached hydrogen (secondary N) is 2. The molecule has 0 spiro atoms. The maximum Gasteiger partial charge on any atom is 0.490 e. The molecule has 0 radical (unpaired) electrons. The molecule has 6 atom stereocenters. The SMILES string of the molecule is COc1cc(C(C)OC(=O)NCC#Cc2cn([C@H]3C[C@@H](O)[C@@H](COP(=O)(O)OP(=O)(O)OP(=O)(O)O)O3)c(=O)[nH]c2=O)c([N+](=O)[O-])cc1OCCCC(=O)CCCOCCOCCOCCOCCOCCOCCOCCOCCOCCOCCOCCOCCOCCOCCOCCOCCOCCOCCOCCOCCOCCOCCOCCN=[N+]=[N-]. The number of nitrogens with zero attached hydrogens (tertiary/aromatic N) is 5. The number of hydrogen-bond donors (Lipinski definition) is 7. The van der Waals surface area contributed by atoms with Crippen LogP contribution < -0.4 is 26.0 Å². The molecule has 2 heterocycles. The second kappa shape index (κ2) is 78.4. The first-order valence-electron chi connectivity index (χ1n) is 41.7. The molecular weight excluding hydrogens is 1800 g/mol. The number of phosphoric acid groups is 3. The number of alkyl carbamates (subject to hydrolysis) is 1. The molecule has 1 saturated heterocycles. The third-order valence-corrected chi connectivity index (χ3v) is 20.1. The number of nitro groups is 1. The van der Waals surface area contributed by atoms with Crippen molar-refractivity contribution in [2.45, 2.75) is 63.6 Å². The minimum absolute atomic E-state index is 0.00177. The van der Waals surface area contributed by atoms with Gasteiger partial charge in [-0.1, -0.05) is 17.0 Å². The molecule has 7 N–H and O–H groups in total. The quantitative estimate of drug-likeness (QED) is 0.00731. The van der Waals surface area contributed by atoms with Crippen LogP contribution in [0, 0.1) is 22.0 Å². The summed E-state index contributed by atoms with van der Waals surface area (Å²) in [7, 11) is -15.8. The van der Waals surface area contributed by atoms with Crippen molar-refractivity contribution in [1.29, 1.82) is 0 Å². The highest BCUT2D eigenvalue weighted by Gasteiger charge is 2.43. The number of aromatic amines is 1. The maximum atomic E-state index is 12.8. The van der Waals surface area contributed by atoms with Crippen LogP contribution in [0.5, 0.6) is 11.5 Å². The summed E-state index contributed by atoms with van der Waals surface area (Å²) < 4.78 is 196. The Hall–Kier alpha value is -5.88. The second-order valence-electron chi connectivity index (χ2n) is 26.2. The van der Waals surface area contributed by atoms with Crippen LogP contribution in [0.2, 0.25) is 0 Å². The number of carbonyl (C=O) groups is 2. The number of Topliss-reactive ketones (excluding diaryl/α,β-unsaturated/α-hetero) is 1. The molecule has 1 fully saturated rings. The van der Waals surface area contributed by atoms with Gasteiger partial charge < -0.3 is 158 Å². The fourth-order valence-corrected chi connectivity index (χ4v) is 13.2. The van der Waals surface area contributed by atoms with Gasteiger partial charge in [0.1, 0.15) is 29.8 Å². The van der Waals surface area contributed by atoms with Crippen LogP contribution in [-0.4, -0.2) is 401 Å². The molecule has 0 saturated carbocycles. The second-order valence-corrected chi connectivity index (χ2v) is 30.6. The highest BCUT2D eigenvalue weighted by atomic mass is 31.3. The molecule has 3 unspecified atom stereocenters. The van der Waals surface area contributed by atoms with E-state index >= 15 is 0 Å². The number of amides is 1. The molecule has 3 rings (SSSR count). The third kappa shape index (κ3) is 66.2. The zero-order chi connectivity index (χ0) is 93.6. The van der Waals surface area contributed by atoms with Gasteiger partial charge in [0.25, 0.3) is 11.2 Å². The van der Waals surface area contributed by atoms with Crippen LogP contribution in [0.1, 0.15) is 62.5 Å². The van der Waals surface area contributed by atoms with Crippen molar-refractivity contribution in [1.82, 2.24) is 14.9 Å². The van der Waals surface area contributed by atoms with Gasteiger partial charge in [-0.2, -0.15) is 8.62 Å². The van der Waals surface area contributed by atoms with Gasteiger partial charge in [-0.15, -0.1) is 0 Å². The lowest BCUT2D eigenvalue weighted by atomic mass is 10.1. The van der Waals surface area contributed by atoms with Crippen molar-refractivity contribution >= 4 is 41.0 Å². The van der Waals surface area contributed by atoms with E-state index in [1.165, 1.54) is 20.1 Å². The van der Waals surface area contributed by atoms with Gasteiger partial charge in [-0.3, -0.25) is 33.8 Å². The van der Waals surface area contributed by atoms with Crippen molar-refractivity contribution in [2.24, 2.45) is 5.11 Å². The fraction of sp³-hybridized carbons (Fsp3) is 0.813. The lowest BCUT2D eigenvalue weighted by Gasteiger charge is -2.19. The number of ether oxygens (including phenoxy) is 27. The predicted molar refractivity (Wildman–Crippen MR) is 447 cm³/mol. The largest absolute Gasteiger partial charge is 0.493 e. The van der Waals surface area contributed by atoms with Crippen molar-refractivity contribution in [3.05, 3.63) is 70.9 Å². The molecule has 1 aromatic carbocycles. The van der Waals surface area contributed by atoms with E-state index in [1.807, 2.05) is 4.98 Å². The molecule has 0 bridgehead atoms. The molecule has 51 nitrogen and oxygen atoms in total. The van der Waals surface area contributed by atoms with E-state index in [9.17, 15) is 57.9 Å². The Morgan fingerprint density at radius 3 is 1.23 bits per heavy atom. The smallest absolute Gasteiger partial charge is 0.490 e. The number of nitro benzene ring substituents is 1. The lowest BCUT2D eigenvalue weighted by Crippen LogP contribution is -2.34. The van der Waals surface area contributed by atoms with Crippen LogP contribution >= 0.6 is 23.5 Å². The Balaban J connectivity index is 0.988. The molecule has 1 aliphatic heterocycles. The molecule has 54 heteroatoms. The normalized spacial score (nSPS) is 15.1. The Morgan fingerprint density at radius 2 is 0.891 bits per heavy atom. The standard InChI is InChI=1S/C75H130N7O44P3/c1-63(123-75(87)77-9-3-6-64-61-81(74(86)79-73(64)85)72-60-68(84)71(124-72)62-122-128(93,94)126-129(95,96)125-127(90,91)92)66-58-69(97-2)70(59-67(66)82(88)89)121-12-5-8-65(83)7-4-11-98-14-16-100-18-20-102-22-24-104-26-28-106-30-32-108-34-36-110-38-40-112-42-44-114-46-48-116-50-52-118-54-56-120-57-55-119-53-51-117-49-47-115-45-43-113-41-39-111-37-35-109-33-31-107-29-27-105-25-23-103-21-19-101-17-15-99-13-10-78-80-76/h58-59,61,63,68,71-72,84H,4-5,7-57,60,62H2,1-2H3,(H,77,87)(H,93,94)(H,95,96)(H,79,85,86)(H2,90,91,92)/t63?,68-,71-,72-/m1/s1. The number of ketones is 1. The lowest BCUT2D eigenvalue weighted by molar-refractivity contribution is -0.386. The average Bonchev–Trinajstić information content (AvgIpc) is 1.78. The van der Waals surface area contributed by atoms with E-state index in [-0.39, 0.29) is 60.7 Å². The highest BCUT2D eigenvalue weighted by molar-refractivity contribution is 7.66. The summed E-state index contributed by atoms with van der Waals surface area (Å²) in [6, 6.07) is 2.36. The van der Waals surface area contributed by atoms with Gasteiger partial charge in [-0.05, 0) is 31.4 Å². The molecule has 1 amide bonds. The summed E-state index contributed by atoms with van der Waals surface area (Å²) in [5.74, 6) is 4.93. The summed E-state index contributed by atoms with van der Waals surface area (Å²) in [6.45, 7) is 20.2. The monoisotopic (exact) mass is 1930 g/mol. The number of H-pyrrole nitrogens is 1. The van der Waals surface area contributed by atoms with Crippen LogP contribution in [0.25, 0.3) is 10.4 Å². The molecule has 1 aliphatic rings. The van der Waals surface area contributed by atoms with Crippen molar-refractivity contribution in [3.8, 4) is 23.3 Å². The van der Waals surface area contributed by atoms with E-state index in [0.717, 1.165) is 16.8 Å². The topological polar surface area (TPSA) is 622 Å². The minimum Gasteiger partial charge on any atom is -0.493 e. The summed E-state index contributed by atoms with van der Waals surface area (Å²) in [5.41, 5.74) is 5.27. The highest BCUT2D eigenvalue weighted by Crippen LogP contribution is 2.66. The van der Waals surface area contributed by atoms with E-state index < -0.39 is 89.1 Å². The molecule has 2 aromatic rings. The summed E-state index contributed by atoms with van der Waals surface area (Å²) in [4.78, 5) is 103. The van der Waals surface area contributed by atoms with Crippen LogP contribution in [0.3, 0.4) is 0 Å². The van der Waals surface area contributed by atoms with E-state index in [2.05, 4.69) is 40.3 Å². The van der Waals surface area contributed by atoms with Gasteiger partial charge in [0.05, 0.1) is 347 Å². The predicted octanol–water partition coefficient (Wildman–Crippen LogP) is 2.48. The molecule has 129 heavy (non-hydrogen) atoms. The van der Waals surface area contributed by atoms with Gasteiger partial charge in [0, 0.05) is 43.5 Å². The summed E-state index contributed by atoms with van der Waals surface area (Å²) >= 11 is 0. The van der Waals surface area contributed by atoms with Crippen LogP contribution in [0.15, 0.2) is 33.0 Å². The third-order valence-electron chi connectivity index (χ3n) is 16.3. The number of aliphatic hydroxyl groups is 1. The van der Waals surface area contributed by atoms with Crippen molar-refractivity contribution in [2.75, 3.05) is 337 Å². The number of phosphoric ester groups is 1. The number of benzene rings is 1. The number of aromatic nitrogens is 2. The first kappa shape index (κ1) is 117. The number of azide groups is 1. The number of hydrogen-bond acceptors (Lipinski definition) is 41. The maximum absolute atomic E-state index is 12.8. The molecular formula is C75H130N7O44P3. The van der Waals surface area contributed by atoms with Gasteiger partial charge >= 0.3 is 35.3 Å². The van der Waals surface area contributed by atoms with E-state index in [1.54, 1.807) is 0 Å². The Bertz CT molecular complexity index is 3600. The first-order valence-corrected chi connectivity index (χ1v) is 46.3.